The van der Waals surface area contributed by atoms with Gasteiger partial charge in [0.05, 0.1) is 0 Å². The van der Waals surface area contributed by atoms with Crippen molar-refractivity contribution in [3.8, 4) is 0 Å². The van der Waals surface area contributed by atoms with Gasteiger partial charge in [0.2, 0.25) is 0 Å². The van der Waals surface area contributed by atoms with E-state index in [2.05, 4.69) is 38.3 Å². The van der Waals surface area contributed by atoms with Crippen LogP contribution in [-0.2, 0) is 6.42 Å². The molecule has 1 heterocycles. The van der Waals surface area contributed by atoms with Crippen LogP contribution in [0.1, 0.15) is 25.6 Å². The van der Waals surface area contributed by atoms with Gasteiger partial charge in [0.25, 0.3) is 0 Å². The Kier molecular flexibility index (Phi) is 1.83. The molecule has 0 radical (unpaired) electrons. The van der Waals surface area contributed by atoms with E-state index in [-0.39, 0.29) is 0 Å². The molecule has 2 heteroatoms. The van der Waals surface area contributed by atoms with Crippen molar-refractivity contribution >= 4 is 11.3 Å². The third-order valence-corrected chi connectivity index (χ3v) is 4.85. The monoisotopic (exact) mass is 195 g/mol. The Labute approximate surface area is 84.0 Å². The summed E-state index contributed by atoms with van der Waals surface area (Å²) >= 11 is 1.84. The zero-order valence-electron chi connectivity index (χ0n) is 8.50. The standard InChI is InChI=1S/C11H17NS/c1-10(2)9(12)11(10,3)7-8-5-4-6-13-8/h4-6,9H,7,12H2,1-3H3. The minimum atomic E-state index is 0.316. The van der Waals surface area contributed by atoms with Crippen molar-refractivity contribution < 1.29 is 0 Å². The molecule has 0 aliphatic heterocycles. The van der Waals surface area contributed by atoms with Crippen LogP contribution in [0.5, 0.6) is 0 Å². The van der Waals surface area contributed by atoms with E-state index in [1.54, 1.807) is 0 Å². The lowest BCUT2D eigenvalue weighted by molar-refractivity contribution is 0.418. The maximum atomic E-state index is 6.10. The third-order valence-electron chi connectivity index (χ3n) is 3.97. The summed E-state index contributed by atoms with van der Waals surface area (Å²) in [6, 6.07) is 4.68. The quantitative estimate of drug-likeness (QED) is 0.771. The Hall–Kier alpha value is -0.340. The molecule has 1 aliphatic rings. The van der Waals surface area contributed by atoms with E-state index in [1.807, 2.05) is 11.3 Å². The molecular formula is C11H17NS. The summed E-state index contributed by atoms with van der Waals surface area (Å²) in [5.41, 5.74) is 6.73. The topological polar surface area (TPSA) is 26.0 Å². The minimum absolute atomic E-state index is 0.316. The molecular weight excluding hydrogens is 178 g/mol. The molecule has 2 N–H and O–H groups in total. The second kappa shape index (κ2) is 2.58. The Bertz CT molecular complexity index is 302. The van der Waals surface area contributed by atoms with Crippen molar-refractivity contribution in [3.05, 3.63) is 22.4 Å². The maximum absolute atomic E-state index is 6.10. The van der Waals surface area contributed by atoms with Crippen molar-refractivity contribution in [2.75, 3.05) is 0 Å². The van der Waals surface area contributed by atoms with Crippen LogP contribution in [0.25, 0.3) is 0 Å². The molecule has 1 fully saturated rings. The van der Waals surface area contributed by atoms with Gasteiger partial charge < -0.3 is 5.73 Å². The molecule has 1 aromatic rings. The van der Waals surface area contributed by atoms with E-state index in [0.29, 0.717) is 16.9 Å². The van der Waals surface area contributed by atoms with Gasteiger partial charge in [-0.15, -0.1) is 11.3 Å². The van der Waals surface area contributed by atoms with E-state index < -0.39 is 0 Å². The van der Waals surface area contributed by atoms with Crippen LogP contribution < -0.4 is 5.73 Å². The summed E-state index contributed by atoms with van der Waals surface area (Å²) in [6.07, 6.45) is 1.14. The SMILES string of the molecule is CC1(C)C(N)C1(C)Cc1cccs1. The zero-order valence-corrected chi connectivity index (χ0v) is 9.32. The van der Waals surface area contributed by atoms with E-state index >= 15 is 0 Å². The van der Waals surface area contributed by atoms with Gasteiger partial charge in [-0.05, 0) is 28.7 Å². The number of rotatable bonds is 2. The first-order valence-electron chi connectivity index (χ1n) is 4.76. The molecule has 72 valence electrons. The van der Waals surface area contributed by atoms with Crippen LogP contribution in [0.4, 0.5) is 0 Å². The lowest BCUT2D eigenvalue weighted by Crippen LogP contribution is -2.12. The Balaban J connectivity index is 2.13. The Morgan fingerprint density at radius 3 is 2.46 bits per heavy atom. The largest absolute Gasteiger partial charge is 0.327 e. The van der Waals surface area contributed by atoms with Crippen LogP contribution in [0.15, 0.2) is 17.5 Å². The van der Waals surface area contributed by atoms with E-state index in [4.69, 9.17) is 5.73 Å². The summed E-state index contributed by atoms with van der Waals surface area (Å²) in [5.74, 6) is 0. The zero-order chi connectivity index (χ0) is 9.69. The summed E-state index contributed by atoms with van der Waals surface area (Å²) < 4.78 is 0. The van der Waals surface area contributed by atoms with E-state index in [9.17, 15) is 0 Å². The highest BCUT2D eigenvalue weighted by Gasteiger charge is 2.65. The summed E-state index contributed by atoms with van der Waals surface area (Å²) in [5, 5.41) is 2.14. The van der Waals surface area contributed by atoms with Crippen LogP contribution in [0.3, 0.4) is 0 Å². The lowest BCUT2D eigenvalue weighted by Gasteiger charge is -2.12. The predicted molar refractivity (Wildman–Crippen MR) is 57.9 cm³/mol. The molecule has 2 rings (SSSR count). The van der Waals surface area contributed by atoms with Gasteiger partial charge in [-0.3, -0.25) is 0 Å². The van der Waals surface area contributed by atoms with Crippen LogP contribution in [-0.4, -0.2) is 6.04 Å². The van der Waals surface area contributed by atoms with Crippen LogP contribution >= 0.6 is 11.3 Å². The highest BCUT2D eigenvalue weighted by atomic mass is 32.1. The first kappa shape index (κ1) is 9.22. The van der Waals surface area contributed by atoms with Crippen molar-refractivity contribution in [1.29, 1.82) is 0 Å². The second-order valence-corrected chi connectivity index (χ2v) is 5.91. The Morgan fingerprint density at radius 1 is 1.46 bits per heavy atom. The summed E-state index contributed by atoms with van der Waals surface area (Å²) in [6.45, 7) is 6.84. The number of hydrogen-bond acceptors (Lipinski definition) is 2. The highest BCUT2D eigenvalue weighted by Crippen LogP contribution is 2.63. The number of hydrogen-bond donors (Lipinski definition) is 1. The minimum Gasteiger partial charge on any atom is -0.327 e. The smallest absolute Gasteiger partial charge is 0.0160 e. The predicted octanol–water partition coefficient (Wildman–Crippen LogP) is 2.66. The third kappa shape index (κ3) is 1.16. The molecule has 1 saturated carbocycles. The fraction of sp³-hybridized carbons (Fsp3) is 0.636. The molecule has 1 nitrogen and oxygen atoms in total. The molecule has 0 saturated heterocycles. The molecule has 0 aromatic carbocycles. The van der Waals surface area contributed by atoms with Crippen molar-refractivity contribution in [2.24, 2.45) is 16.6 Å². The summed E-state index contributed by atoms with van der Waals surface area (Å²) in [7, 11) is 0. The maximum Gasteiger partial charge on any atom is 0.0160 e. The number of thiophene rings is 1. The van der Waals surface area contributed by atoms with Gasteiger partial charge in [0, 0.05) is 10.9 Å². The van der Waals surface area contributed by atoms with Crippen molar-refractivity contribution in [2.45, 2.75) is 33.2 Å². The average Bonchev–Trinajstić information content (AvgIpc) is 2.48. The van der Waals surface area contributed by atoms with E-state index in [1.165, 1.54) is 4.88 Å². The van der Waals surface area contributed by atoms with Crippen LogP contribution in [0, 0.1) is 10.8 Å². The second-order valence-electron chi connectivity index (χ2n) is 4.87. The normalized spacial score (nSPS) is 36.2. The molecule has 2 atom stereocenters. The van der Waals surface area contributed by atoms with Gasteiger partial charge in [0.15, 0.2) is 0 Å². The molecule has 1 aromatic heterocycles. The molecule has 13 heavy (non-hydrogen) atoms. The first-order chi connectivity index (χ1) is 5.98. The molecule has 2 unspecified atom stereocenters. The Morgan fingerprint density at radius 2 is 2.08 bits per heavy atom. The number of nitrogens with two attached hydrogens (primary N) is 1. The van der Waals surface area contributed by atoms with Gasteiger partial charge in [0.1, 0.15) is 0 Å². The van der Waals surface area contributed by atoms with Crippen molar-refractivity contribution in [3.63, 3.8) is 0 Å². The van der Waals surface area contributed by atoms with Crippen LogP contribution in [0.2, 0.25) is 0 Å². The lowest BCUT2D eigenvalue weighted by atomic mass is 9.94. The fourth-order valence-corrected chi connectivity index (χ4v) is 3.10. The molecule has 1 aliphatic carbocycles. The highest BCUT2D eigenvalue weighted by molar-refractivity contribution is 7.09. The molecule has 0 amide bonds. The van der Waals surface area contributed by atoms with Crippen molar-refractivity contribution in [1.82, 2.24) is 0 Å². The molecule has 0 spiro atoms. The average molecular weight is 195 g/mol. The van der Waals surface area contributed by atoms with E-state index in [0.717, 1.165) is 6.42 Å². The van der Waals surface area contributed by atoms with Gasteiger partial charge in [-0.1, -0.05) is 26.8 Å². The van der Waals surface area contributed by atoms with Gasteiger partial charge >= 0.3 is 0 Å². The molecule has 0 bridgehead atoms. The first-order valence-corrected chi connectivity index (χ1v) is 5.64. The fourth-order valence-electron chi connectivity index (χ4n) is 2.23. The van der Waals surface area contributed by atoms with Gasteiger partial charge in [-0.25, -0.2) is 0 Å². The summed E-state index contributed by atoms with van der Waals surface area (Å²) in [4.78, 5) is 1.46. The van der Waals surface area contributed by atoms with Gasteiger partial charge in [-0.2, -0.15) is 0 Å².